The third-order valence-corrected chi connectivity index (χ3v) is 3.64. The SMILES string of the molecule is NC(=O)c1c([N+](=O)[O-])cccc1S(=O)(=O)NCCO. The zero-order valence-electron chi connectivity index (χ0n) is 9.57. The molecule has 0 spiro atoms. The molecular weight excluding hydrogens is 278 g/mol. The summed E-state index contributed by atoms with van der Waals surface area (Å²) in [7, 11) is -4.17. The van der Waals surface area contributed by atoms with Gasteiger partial charge in [-0.25, -0.2) is 13.1 Å². The highest BCUT2D eigenvalue weighted by Crippen LogP contribution is 2.25. The Morgan fingerprint density at radius 1 is 1.47 bits per heavy atom. The molecule has 0 saturated carbocycles. The van der Waals surface area contributed by atoms with Gasteiger partial charge in [-0.15, -0.1) is 0 Å². The van der Waals surface area contributed by atoms with Crippen molar-refractivity contribution >= 4 is 21.6 Å². The number of benzene rings is 1. The van der Waals surface area contributed by atoms with Crippen molar-refractivity contribution in [2.75, 3.05) is 13.2 Å². The van der Waals surface area contributed by atoms with Crippen molar-refractivity contribution in [2.24, 2.45) is 5.73 Å². The van der Waals surface area contributed by atoms with Crippen LogP contribution in [0.25, 0.3) is 0 Å². The molecule has 1 amide bonds. The van der Waals surface area contributed by atoms with E-state index in [-0.39, 0.29) is 6.54 Å². The molecule has 0 aliphatic heterocycles. The average molecular weight is 289 g/mol. The van der Waals surface area contributed by atoms with E-state index in [1.165, 1.54) is 0 Å². The highest BCUT2D eigenvalue weighted by molar-refractivity contribution is 7.89. The molecule has 9 nitrogen and oxygen atoms in total. The first-order valence-electron chi connectivity index (χ1n) is 4.99. The minimum atomic E-state index is -4.17. The number of sulfonamides is 1. The fraction of sp³-hybridized carbons (Fsp3) is 0.222. The van der Waals surface area contributed by atoms with Crippen LogP contribution in [-0.2, 0) is 10.0 Å². The van der Waals surface area contributed by atoms with Crippen molar-refractivity contribution in [1.29, 1.82) is 0 Å². The monoisotopic (exact) mass is 289 g/mol. The number of nitrogens with two attached hydrogens (primary N) is 1. The van der Waals surface area contributed by atoms with Crippen LogP contribution < -0.4 is 10.5 Å². The number of primary amides is 1. The fourth-order valence-corrected chi connectivity index (χ4v) is 2.65. The van der Waals surface area contributed by atoms with E-state index in [1.54, 1.807) is 0 Å². The Bertz CT molecular complexity index is 612. The first-order chi connectivity index (χ1) is 8.81. The number of amides is 1. The lowest BCUT2D eigenvalue weighted by Gasteiger charge is -2.09. The van der Waals surface area contributed by atoms with Crippen LogP contribution in [-0.4, -0.2) is 37.5 Å². The van der Waals surface area contributed by atoms with E-state index < -0.39 is 43.6 Å². The first-order valence-corrected chi connectivity index (χ1v) is 6.47. The molecule has 0 atom stereocenters. The molecular formula is C9H11N3O6S. The highest BCUT2D eigenvalue weighted by atomic mass is 32.2. The molecule has 0 saturated heterocycles. The molecule has 1 rings (SSSR count). The molecule has 0 aliphatic rings. The van der Waals surface area contributed by atoms with Crippen LogP contribution in [0.3, 0.4) is 0 Å². The van der Waals surface area contributed by atoms with Gasteiger partial charge < -0.3 is 10.8 Å². The van der Waals surface area contributed by atoms with Gasteiger partial charge >= 0.3 is 0 Å². The van der Waals surface area contributed by atoms with E-state index in [9.17, 15) is 23.3 Å². The maximum Gasteiger partial charge on any atom is 0.283 e. The molecule has 0 radical (unpaired) electrons. The summed E-state index contributed by atoms with van der Waals surface area (Å²) in [6, 6.07) is 3.12. The highest BCUT2D eigenvalue weighted by Gasteiger charge is 2.28. The maximum absolute atomic E-state index is 11.8. The number of rotatable bonds is 6. The molecule has 0 aromatic heterocycles. The number of carbonyl (C=O) groups excluding carboxylic acids is 1. The minimum absolute atomic E-state index is 0.288. The Morgan fingerprint density at radius 3 is 2.58 bits per heavy atom. The third-order valence-electron chi connectivity index (χ3n) is 2.14. The largest absolute Gasteiger partial charge is 0.395 e. The summed E-state index contributed by atoms with van der Waals surface area (Å²) in [5.41, 5.74) is 3.60. The Kier molecular flexibility index (Phi) is 4.53. The van der Waals surface area contributed by atoms with Crippen LogP contribution in [0.5, 0.6) is 0 Å². The summed E-state index contributed by atoms with van der Waals surface area (Å²) in [4.78, 5) is 20.5. The molecule has 0 aliphatic carbocycles. The van der Waals surface area contributed by atoms with Crippen LogP contribution in [0.4, 0.5) is 5.69 Å². The van der Waals surface area contributed by atoms with Gasteiger partial charge in [0.2, 0.25) is 10.0 Å². The molecule has 19 heavy (non-hydrogen) atoms. The number of nitro groups is 1. The van der Waals surface area contributed by atoms with Gasteiger partial charge in [-0.2, -0.15) is 0 Å². The smallest absolute Gasteiger partial charge is 0.283 e. The van der Waals surface area contributed by atoms with Crippen molar-refractivity contribution in [3.8, 4) is 0 Å². The molecule has 0 fully saturated rings. The second kappa shape index (κ2) is 5.73. The third kappa shape index (κ3) is 3.24. The summed E-state index contributed by atoms with van der Waals surface area (Å²) >= 11 is 0. The second-order valence-corrected chi connectivity index (χ2v) is 5.13. The first kappa shape index (κ1) is 15.0. The molecule has 0 unspecified atom stereocenters. The van der Waals surface area contributed by atoms with Gasteiger partial charge in [-0.1, -0.05) is 6.07 Å². The van der Waals surface area contributed by atoms with Crippen molar-refractivity contribution in [1.82, 2.24) is 4.72 Å². The predicted octanol–water partition coefficient (Wildman–Crippen LogP) is -1.04. The number of aliphatic hydroxyl groups is 1. The van der Waals surface area contributed by atoms with Gasteiger partial charge in [0.1, 0.15) is 10.5 Å². The normalized spacial score (nSPS) is 11.2. The van der Waals surface area contributed by atoms with E-state index in [1.807, 2.05) is 4.72 Å². The molecule has 10 heteroatoms. The van der Waals surface area contributed by atoms with Gasteiger partial charge in [0.05, 0.1) is 11.5 Å². The van der Waals surface area contributed by atoms with Crippen molar-refractivity contribution < 1.29 is 23.2 Å². The molecule has 1 aromatic carbocycles. The number of hydrogen-bond acceptors (Lipinski definition) is 6. The maximum atomic E-state index is 11.8. The average Bonchev–Trinajstić information content (AvgIpc) is 2.35. The van der Waals surface area contributed by atoms with Crippen LogP contribution in [0.2, 0.25) is 0 Å². The summed E-state index contributed by atoms with van der Waals surface area (Å²) in [6.45, 7) is -0.747. The molecule has 0 heterocycles. The Labute approximate surface area is 108 Å². The van der Waals surface area contributed by atoms with E-state index in [0.717, 1.165) is 18.2 Å². The summed E-state index contributed by atoms with van der Waals surface area (Å²) < 4.78 is 25.7. The lowest BCUT2D eigenvalue weighted by Crippen LogP contribution is -2.29. The van der Waals surface area contributed by atoms with Gasteiger partial charge in [0.15, 0.2) is 0 Å². The zero-order chi connectivity index (χ0) is 14.6. The van der Waals surface area contributed by atoms with Crippen LogP contribution in [0, 0.1) is 10.1 Å². The van der Waals surface area contributed by atoms with E-state index in [2.05, 4.69) is 0 Å². The van der Waals surface area contributed by atoms with Gasteiger partial charge in [-0.3, -0.25) is 14.9 Å². The molecule has 104 valence electrons. The Hall–Kier alpha value is -2.04. The van der Waals surface area contributed by atoms with Gasteiger partial charge in [0.25, 0.3) is 11.6 Å². The van der Waals surface area contributed by atoms with Gasteiger partial charge in [-0.05, 0) is 6.07 Å². The van der Waals surface area contributed by atoms with Crippen LogP contribution in [0.1, 0.15) is 10.4 Å². The molecule has 0 bridgehead atoms. The zero-order valence-corrected chi connectivity index (χ0v) is 10.4. The van der Waals surface area contributed by atoms with Crippen LogP contribution >= 0.6 is 0 Å². The number of nitrogens with zero attached hydrogens (tertiary/aromatic N) is 1. The second-order valence-electron chi connectivity index (χ2n) is 3.39. The topological polar surface area (TPSA) is 153 Å². The fourth-order valence-electron chi connectivity index (χ4n) is 1.40. The van der Waals surface area contributed by atoms with Crippen molar-refractivity contribution in [3.63, 3.8) is 0 Å². The number of aliphatic hydroxyl groups excluding tert-OH is 1. The molecule has 1 aromatic rings. The van der Waals surface area contributed by atoms with E-state index in [0.29, 0.717) is 0 Å². The predicted molar refractivity (Wildman–Crippen MR) is 63.9 cm³/mol. The minimum Gasteiger partial charge on any atom is -0.395 e. The lowest BCUT2D eigenvalue weighted by molar-refractivity contribution is -0.385. The number of nitrogens with one attached hydrogen (secondary N) is 1. The molecule has 4 N–H and O–H groups in total. The van der Waals surface area contributed by atoms with Crippen molar-refractivity contribution in [3.05, 3.63) is 33.9 Å². The number of hydrogen-bond donors (Lipinski definition) is 3. The Morgan fingerprint density at radius 2 is 2.11 bits per heavy atom. The number of nitro benzene ring substituents is 1. The standard InChI is InChI=1S/C9H11N3O6S/c10-9(14)8-6(12(15)16)2-1-3-7(8)19(17,18)11-4-5-13/h1-3,11,13H,4-5H2,(H2,10,14). The number of carbonyl (C=O) groups is 1. The summed E-state index contributed by atoms with van der Waals surface area (Å²) in [5, 5.41) is 19.3. The van der Waals surface area contributed by atoms with E-state index in [4.69, 9.17) is 10.8 Å². The van der Waals surface area contributed by atoms with Crippen molar-refractivity contribution in [2.45, 2.75) is 4.90 Å². The lowest BCUT2D eigenvalue weighted by atomic mass is 10.2. The van der Waals surface area contributed by atoms with Gasteiger partial charge in [0, 0.05) is 12.6 Å². The quantitative estimate of drug-likeness (QED) is 0.449. The van der Waals surface area contributed by atoms with E-state index >= 15 is 0 Å². The summed E-state index contributed by atoms with van der Waals surface area (Å²) in [6.07, 6.45) is 0. The Balaban J connectivity index is 3.48. The summed E-state index contributed by atoms with van der Waals surface area (Å²) in [5.74, 6) is -1.23. The van der Waals surface area contributed by atoms with Crippen LogP contribution in [0.15, 0.2) is 23.1 Å².